The fraction of sp³-hybridized carbons (Fsp3) is 0.833. The molecule has 0 radical (unpaired) electrons. The van der Waals surface area contributed by atoms with E-state index in [1.807, 2.05) is 0 Å². The first-order chi connectivity index (χ1) is 5.39. The Kier molecular flexibility index (Phi) is 4.59. The third-order valence-electron chi connectivity index (χ3n) is 2.99. The van der Waals surface area contributed by atoms with Gasteiger partial charge >= 0.3 is 0 Å². The van der Waals surface area contributed by atoms with Crippen LogP contribution in [0.3, 0.4) is 0 Å². The molecular weight excluding hydrogens is 144 g/mol. The molecule has 0 aromatic carbocycles. The highest BCUT2D eigenvalue weighted by Gasteiger charge is 2.14. The molecule has 0 N–H and O–H groups in total. The van der Waals surface area contributed by atoms with Crippen molar-refractivity contribution in [1.29, 1.82) is 0 Å². The molecule has 0 rings (SSSR count). The Balaban J connectivity index is 3.92. The Labute approximate surface area is 78.1 Å². The molecule has 0 unspecified atom stereocenters. The van der Waals surface area contributed by atoms with Gasteiger partial charge in [0.15, 0.2) is 0 Å². The maximum absolute atomic E-state index is 2.35. The normalized spacial score (nSPS) is 11.5. The molecule has 0 atom stereocenters. The molecule has 0 saturated heterocycles. The zero-order chi connectivity index (χ0) is 9.78. The van der Waals surface area contributed by atoms with Crippen LogP contribution < -0.4 is 0 Å². The summed E-state index contributed by atoms with van der Waals surface area (Å²) in [7, 11) is 0. The van der Waals surface area contributed by atoms with Gasteiger partial charge in [-0.2, -0.15) is 0 Å². The van der Waals surface area contributed by atoms with Crippen molar-refractivity contribution >= 4 is 0 Å². The molecular formula is C12H24. The predicted molar refractivity (Wildman–Crippen MR) is 57.4 cm³/mol. The van der Waals surface area contributed by atoms with E-state index in [-0.39, 0.29) is 0 Å². The van der Waals surface area contributed by atoms with Gasteiger partial charge in [0, 0.05) is 0 Å². The van der Waals surface area contributed by atoms with E-state index in [4.69, 9.17) is 0 Å². The lowest BCUT2D eigenvalue weighted by molar-refractivity contribution is 0.322. The Hall–Kier alpha value is -0.260. The van der Waals surface area contributed by atoms with Crippen LogP contribution in [0, 0.1) is 5.41 Å². The highest BCUT2D eigenvalue weighted by Crippen LogP contribution is 2.28. The fourth-order valence-electron chi connectivity index (χ4n) is 0.953. The first-order valence-corrected chi connectivity index (χ1v) is 5.02. The highest BCUT2D eigenvalue weighted by molar-refractivity contribution is 5.06. The van der Waals surface area contributed by atoms with Crippen molar-refractivity contribution in [3.8, 4) is 0 Å². The standard InChI is InChI=1S/C12H24/c1-7-12(5,6)9-8-11(4)10(2)3/h7-9H2,1-6H3. The van der Waals surface area contributed by atoms with Crippen molar-refractivity contribution in [1.82, 2.24) is 0 Å². The molecule has 12 heavy (non-hydrogen) atoms. The third-order valence-corrected chi connectivity index (χ3v) is 2.99. The lowest BCUT2D eigenvalue weighted by Gasteiger charge is -2.22. The van der Waals surface area contributed by atoms with Crippen LogP contribution in [0.2, 0.25) is 0 Å². The van der Waals surface area contributed by atoms with E-state index in [9.17, 15) is 0 Å². The van der Waals surface area contributed by atoms with Gasteiger partial charge in [0.2, 0.25) is 0 Å². The highest BCUT2D eigenvalue weighted by atomic mass is 14.2. The van der Waals surface area contributed by atoms with Gasteiger partial charge < -0.3 is 0 Å². The van der Waals surface area contributed by atoms with E-state index in [1.54, 1.807) is 5.57 Å². The van der Waals surface area contributed by atoms with Crippen LogP contribution in [0.4, 0.5) is 0 Å². The molecule has 0 aliphatic rings. The maximum Gasteiger partial charge on any atom is -0.0316 e. The van der Waals surface area contributed by atoms with E-state index >= 15 is 0 Å². The van der Waals surface area contributed by atoms with E-state index in [2.05, 4.69) is 41.5 Å². The van der Waals surface area contributed by atoms with Crippen LogP contribution in [0.1, 0.15) is 60.8 Å². The summed E-state index contributed by atoms with van der Waals surface area (Å²) < 4.78 is 0. The topological polar surface area (TPSA) is 0 Å². The minimum Gasteiger partial charge on any atom is -0.0775 e. The van der Waals surface area contributed by atoms with Crippen molar-refractivity contribution < 1.29 is 0 Å². The SMILES string of the molecule is CCC(C)(C)CCC(C)=C(C)C. The van der Waals surface area contributed by atoms with Gasteiger partial charge in [-0.3, -0.25) is 0 Å². The second-order valence-electron chi connectivity index (χ2n) is 4.80. The van der Waals surface area contributed by atoms with E-state index in [1.165, 1.54) is 24.8 Å². The molecule has 0 saturated carbocycles. The van der Waals surface area contributed by atoms with Crippen molar-refractivity contribution in [2.75, 3.05) is 0 Å². The van der Waals surface area contributed by atoms with Crippen molar-refractivity contribution in [2.45, 2.75) is 60.8 Å². The van der Waals surface area contributed by atoms with Crippen LogP contribution >= 0.6 is 0 Å². The zero-order valence-corrected chi connectivity index (χ0v) is 9.62. The maximum atomic E-state index is 2.35. The van der Waals surface area contributed by atoms with Crippen LogP contribution in [-0.2, 0) is 0 Å². The average Bonchev–Trinajstić information content (AvgIpc) is 2.00. The van der Waals surface area contributed by atoms with Gasteiger partial charge in [0.1, 0.15) is 0 Å². The summed E-state index contributed by atoms with van der Waals surface area (Å²) in [6.45, 7) is 13.6. The Morgan fingerprint density at radius 2 is 1.58 bits per heavy atom. The number of hydrogen-bond acceptors (Lipinski definition) is 0. The average molecular weight is 168 g/mol. The van der Waals surface area contributed by atoms with E-state index < -0.39 is 0 Å². The molecule has 0 spiro atoms. The Morgan fingerprint density at radius 1 is 1.08 bits per heavy atom. The second kappa shape index (κ2) is 4.69. The minimum absolute atomic E-state index is 0.525. The van der Waals surface area contributed by atoms with Gasteiger partial charge in [-0.05, 0) is 39.0 Å². The fourth-order valence-corrected chi connectivity index (χ4v) is 0.953. The van der Waals surface area contributed by atoms with Crippen molar-refractivity contribution in [2.24, 2.45) is 5.41 Å². The number of hydrogen-bond donors (Lipinski definition) is 0. The lowest BCUT2D eigenvalue weighted by Crippen LogP contribution is -2.09. The summed E-state index contributed by atoms with van der Waals surface area (Å²) in [4.78, 5) is 0. The van der Waals surface area contributed by atoms with Crippen LogP contribution in [-0.4, -0.2) is 0 Å². The second-order valence-corrected chi connectivity index (χ2v) is 4.80. The molecule has 0 bridgehead atoms. The molecule has 0 fully saturated rings. The van der Waals surface area contributed by atoms with Gasteiger partial charge in [-0.15, -0.1) is 0 Å². The van der Waals surface area contributed by atoms with Crippen LogP contribution in [0.5, 0.6) is 0 Å². The van der Waals surface area contributed by atoms with Gasteiger partial charge in [0.05, 0.1) is 0 Å². The lowest BCUT2D eigenvalue weighted by atomic mass is 9.83. The third kappa shape index (κ3) is 4.58. The molecule has 72 valence electrons. The molecule has 0 heterocycles. The zero-order valence-electron chi connectivity index (χ0n) is 9.62. The van der Waals surface area contributed by atoms with Crippen LogP contribution in [0.25, 0.3) is 0 Å². The largest absolute Gasteiger partial charge is 0.0775 e. The molecule has 0 aliphatic heterocycles. The summed E-state index contributed by atoms with van der Waals surface area (Å²) in [5.41, 5.74) is 3.58. The van der Waals surface area contributed by atoms with Gasteiger partial charge in [0.25, 0.3) is 0 Å². The quantitative estimate of drug-likeness (QED) is 0.540. The minimum atomic E-state index is 0.525. The summed E-state index contributed by atoms with van der Waals surface area (Å²) >= 11 is 0. The smallest absolute Gasteiger partial charge is 0.0316 e. The Bertz CT molecular complexity index is 157. The Morgan fingerprint density at radius 3 is 1.92 bits per heavy atom. The monoisotopic (exact) mass is 168 g/mol. The molecule has 0 aromatic heterocycles. The van der Waals surface area contributed by atoms with Crippen LogP contribution in [0.15, 0.2) is 11.1 Å². The molecule has 0 nitrogen and oxygen atoms in total. The number of allylic oxidation sites excluding steroid dienone is 2. The summed E-state index contributed by atoms with van der Waals surface area (Å²) in [6, 6.07) is 0. The van der Waals surface area contributed by atoms with Gasteiger partial charge in [-0.1, -0.05) is 38.3 Å². The molecule has 0 amide bonds. The summed E-state index contributed by atoms with van der Waals surface area (Å²) in [5, 5.41) is 0. The van der Waals surface area contributed by atoms with E-state index in [0.717, 1.165) is 0 Å². The van der Waals surface area contributed by atoms with Gasteiger partial charge in [-0.25, -0.2) is 0 Å². The first-order valence-electron chi connectivity index (χ1n) is 5.02. The number of rotatable bonds is 4. The first kappa shape index (κ1) is 11.7. The summed E-state index contributed by atoms with van der Waals surface area (Å²) in [6.07, 6.45) is 3.87. The molecule has 0 aliphatic carbocycles. The molecule has 0 heteroatoms. The van der Waals surface area contributed by atoms with E-state index in [0.29, 0.717) is 5.41 Å². The molecule has 0 aromatic rings. The summed E-state index contributed by atoms with van der Waals surface area (Å²) in [5.74, 6) is 0. The predicted octanol–water partition coefficient (Wildman–Crippen LogP) is 4.56. The van der Waals surface area contributed by atoms with Crippen molar-refractivity contribution in [3.05, 3.63) is 11.1 Å². The van der Waals surface area contributed by atoms with Crippen molar-refractivity contribution in [3.63, 3.8) is 0 Å².